The maximum atomic E-state index is 4.32. The Morgan fingerprint density at radius 1 is 1.12 bits per heavy atom. The van der Waals surface area contributed by atoms with Crippen LogP contribution in [0.4, 0.5) is 0 Å². The van der Waals surface area contributed by atoms with Crippen LogP contribution in [-0.4, -0.2) is 0 Å². The molecule has 98 valence electrons. The molecule has 0 nitrogen and oxygen atoms in total. The van der Waals surface area contributed by atoms with E-state index in [9.17, 15) is 0 Å². The molecule has 0 aromatic rings. The predicted octanol–water partition coefficient (Wildman–Crippen LogP) is 5.92. The van der Waals surface area contributed by atoms with Crippen LogP contribution in [0.1, 0.15) is 61.3 Å². The first-order valence-corrected chi connectivity index (χ1v) is 6.66. The van der Waals surface area contributed by atoms with Gasteiger partial charge in [0.15, 0.2) is 0 Å². The first-order valence-electron chi connectivity index (χ1n) is 6.66. The van der Waals surface area contributed by atoms with E-state index >= 15 is 0 Å². The van der Waals surface area contributed by atoms with E-state index in [1.54, 1.807) is 0 Å². The molecule has 0 saturated carbocycles. The summed E-state index contributed by atoms with van der Waals surface area (Å²) in [5.74, 6) is 0. The molecule has 0 spiro atoms. The average molecular weight is 234 g/mol. The van der Waals surface area contributed by atoms with Gasteiger partial charge in [0.05, 0.1) is 0 Å². The van der Waals surface area contributed by atoms with E-state index in [2.05, 4.69) is 73.3 Å². The van der Waals surface area contributed by atoms with Gasteiger partial charge in [0, 0.05) is 0 Å². The van der Waals surface area contributed by atoms with Crippen molar-refractivity contribution in [1.82, 2.24) is 0 Å². The second kappa shape index (κ2) is 6.23. The summed E-state index contributed by atoms with van der Waals surface area (Å²) in [5, 5.41) is 0. The molecule has 0 aromatic heterocycles. The molecule has 0 heteroatoms. The van der Waals surface area contributed by atoms with Gasteiger partial charge in [0.1, 0.15) is 0 Å². The Balaban J connectivity index is 4.95. The van der Waals surface area contributed by atoms with Crippen molar-refractivity contribution in [3.8, 4) is 0 Å². The number of allylic oxidation sites excluding steroid dienone is 5. The van der Waals surface area contributed by atoms with Crippen LogP contribution < -0.4 is 0 Å². The van der Waals surface area contributed by atoms with Gasteiger partial charge in [0.25, 0.3) is 0 Å². The van der Waals surface area contributed by atoms with E-state index in [0.717, 1.165) is 12.8 Å². The molecule has 0 amide bonds. The van der Waals surface area contributed by atoms with Crippen molar-refractivity contribution in [1.29, 1.82) is 0 Å². The van der Waals surface area contributed by atoms with Crippen LogP contribution >= 0.6 is 0 Å². The van der Waals surface area contributed by atoms with Crippen molar-refractivity contribution in [2.45, 2.75) is 61.3 Å². The molecule has 17 heavy (non-hydrogen) atoms. The molecule has 0 atom stereocenters. The Morgan fingerprint density at radius 2 is 1.65 bits per heavy atom. The van der Waals surface area contributed by atoms with Crippen molar-refractivity contribution >= 4 is 0 Å². The summed E-state index contributed by atoms with van der Waals surface area (Å²) >= 11 is 0. The third-order valence-electron chi connectivity index (χ3n) is 2.98. The van der Waals surface area contributed by atoms with Gasteiger partial charge < -0.3 is 0 Å². The van der Waals surface area contributed by atoms with Crippen LogP contribution in [0, 0.1) is 10.8 Å². The van der Waals surface area contributed by atoms with Crippen LogP contribution in [0.2, 0.25) is 0 Å². The number of rotatable bonds is 5. The normalized spacial score (nSPS) is 14.4. The molecule has 0 bridgehead atoms. The summed E-state index contributed by atoms with van der Waals surface area (Å²) in [6, 6.07) is 0. The van der Waals surface area contributed by atoms with E-state index < -0.39 is 0 Å². The Bertz CT molecular complexity index is 305. The maximum absolute atomic E-state index is 4.32. The van der Waals surface area contributed by atoms with Crippen molar-refractivity contribution in [2.24, 2.45) is 10.8 Å². The van der Waals surface area contributed by atoms with Crippen LogP contribution in [0.5, 0.6) is 0 Å². The van der Waals surface area contributed by atoms with E-state index in [4.69, 9.17) is 0 Å². The first kappa shape index (κ1) is 16.2. The predicted molar refractivity (Wildman–Crippen MR) is 80.2 cm³/mol. The SMILES string of the molecule is C=C(C(/C=C\CC)=C/C)C(C)(C)CC(C)(C)C. The fourth-order valence-corrected chi connectivity index (χ4v) is 2.44. The molecule has 0 aliphatic carbocycles. The molecular weight excluding hydrogens is 204 g/mol. The minimum atomic E-state index is 0.151. The highest BCUT2D eigenvalue weighted by atomic mass is 14.3. The molecule has 0 aliphatic rings. The van der Waals surface area contributed by atoms with Gasteiger partial charge >= 0.3 is 0 Å². The minimum Gasteiger partial charge on any atom is -0.0947 e. The standard InChI is InChI=1S/C17H30/c1-9-11-12-15(10-2)14(3)17(7,8)13-16(4,5)6/h10-12H,3,9,13H2,1-2,4-8H3/b12-11-,15-10+. The molecule has 0 aromatic carbocycles. The van der Waals surface area contributed by atoms with Crippen molar-refractivity contribution in [2.75, 3.05) is 0 Å². The van der Waals surface area contributed by atoms with Crippen molar-refractivity contribution in [3.05, 3.63) is 36.0 Å². The summed E-state index contributed by atoms with van der Waals surface area (Å²) in [7, 11) is 0. The first-order chi connectivity index (χ1) is 7.64. The highest BCUT2D eigenvalue weighted by molar-refractivity contribution is 5.41. The smallest absolute Gasteiger partial charge is 0.00986 e. The van der Waals surface area contributed by atoms with Crippen molar-refractivity contribution in [3.63, 3.8) is 0 Å². The highest BCUT2D eigenvalue weighted by Gasteiger charge is 2.28. The van der Waals surface area contributed by atoms with Gasteiger partial charge in [0.2, 0.25) is 0 Å². The second-order valence-corrected chi connectivity index (χ2v) is 6.65. The molecule has 0 rings (SSSR count). The Morgan fingerprint density at radius 3 is 2.00 bits per heavy atom. The summed E-state index contributed by atoms with van der Waals surface area (Å²) in [4.78, 5) is 0. The Kier molecular flexibility index (Phi) is 5.95. The minimum absolute atomic E-state index is 0.151. The Labute approximate surface area is 109 Å². The zero-order valence-electron chi connectivity index (χ0n) is 12.9. The van der Waals surface area contributed by atoms with Crippen LogP contribution in [0.3, 0.4) is 0 Å². The molecule has 0 N–H and O–H groups in total. The zero-order chi connectivity index (χ0) is 13.7. The lowest BCUT2D eigenvalue weighted by Crippen LogP contribution is -2.23. The van der Waals surface area contributed by atoms with Crippen LogP contribution in [0.15, 0.2) is 36.0 Å². The summed E-state index contributed by atoms with van der Waals surface area (Å²) < 4.78 is 0. The summed E-state index contributed by atoms with van der Waals surface area (Å²) in [6.07, 6.45) is 8.79. The van der Waals surface area contributed by atoms with E-state index in [-0.39, 0.29) is 5.41 Å². The highest BCUT2D eigenvalue weighted by Crippen LogP contribution is 2.41. The molecule has 0 heterocycles. The lowest BCUT2D eigenvalue weighted by Gasteiger charge is -2.34. The van der Waals surface area contributed by atoms with E-state index in [1.807, 2.05) is 0 Å². The summed E-state index contributed by atoms with van der Waals surface area (Å²) in [5.41, 5.74) is 3.01. The quantitative estimate of drug-likeness (QED) is 0.518. The van der Waals surface area contributed by atoms with Crippen LogP contribution in [0.25, 0.3) is 0 Å². The fraction of sp³-hybridized carbons (Fsp3) is 0.647. The number of hydrogen-bond donors (Lipinski definition) is 0. The Hall–Kier alpha value is -0.780. The third kappa shape index (κ3) is 5.91. The fourth-order valence-electron chi connectivity index (χ4n) is 2.44. The van der Waals surface area contributed by atoms with E-state index in [1.165, 1.54) is 11.1 Å². The van der Waals surface area contributed by atoms with Crippen LogP contribution in [-0.2, 0) is 0 Å². The van der Waals surface area contributed by atoms with Gasteiger partial charge in [-0.3, -0.25) is 0 Å². The third-order valence-corrected chi connectivity index (χ3v) is 2.98. The van der Waals surface area contributed by atoms with Gasteiger partial charge in [-0.1, -0.05) is 66.3 Å². The largest absolute Gasteiger partial charge is 0.0947 e. The summed E-state index contributed by atoms with van der Waals surface area (Å²) in [6.45, 7) is 20.0. The number of hydrogen-bond acceptors (Lipinski definition) is 0. The average Bonchev–Trinajstić information content (AvgIpc) is 2.15. The van der Waals surface area contributed by atoms with E-state index in [0.29, 0.717) is 5.41 Å². The van der Waals surface area contributed by atoms with Gasteiger partial charge in [-0.2, -0.15) is 0 Å². The molecule has 0 unspecified atom stereocenters. The second-order valence-electron chi connectivity index (χ2n) is 6.65. The van der Waals surface area contributed by atoms with Gasteiger partial charge in [-0.15, -0.1) is 0 Å². The molecule has 0 radical (unpaired) electrons. The monoisotopic (exact) mass is 234 g/mol. The maximum Gasteiger partial charge on any atom is -0.00986 e. The topological polar surface area (TPSA) is 0 Å². The lowest BCUT2D eigenvalue weighted by atomic mass is 9.70. The molecule has 0 aliphatic heterocycles. The van der Waals surface area contributed by atoms with Gasteiger partial charge in [-0.25, -0.2) is 0 Å². The molecule has 0 fully saturated rings. The lowest BCUT2D eigenvalue weighted by molar-refractivity contribution is 0.253. The van der Waals surface area contributed by atoms with Crippen molar-refractivity contribution < 1.29 is 0 Å². The van der Waals surface area contributed by atoms with Gasteiger partial charge in [-0.05, 0) is 41.7 Å². The molecule has 0 saturated heterocycles. The molecular formula is C17H30. The zero-order valence-corrected chi connectivity index (χ0v) is 12.9.